The molecule has 20 heterocycles. The van der Waals surface area contributed by atoms with Crippen LogP contribution in [0.3, 0.4) is 0 Å². The molecule has 0 amide bonds. The SMILES string of the molecule is c1c2c3c4c5c1Cc1cc6c7c(c1OCO5)CSSCc1c5c8cc9c1OCOc1c(cc%10c%11c1CSSCc1c(c(cc%12c1OCOc1c(cc%13c%14c1CSSCc1c%15c(cc(c1OCO%11)C%10)Cc1cc%10c(c(c1OCO%15)CSSCc1c(c(cc(c1OCO%14)C%13)C2)OCO3)OCOc1c(cc(c(c1CSSC4)OCO5)C8)C%10)C%12)C6)OCO7)C9. The fourth-order valence-electron chi connectivity index (χ4n) is 20.4. The lowest BCUT2D eigenvalue weighted by Gasteiger charge is -2.32. The van der Waals surface area contributed by atoms with Crippen molar-refractivity contribution in [3.05, 3.63) is 228 Å². The molecule has 0 atom stereocenters. The van der Waals surface area contributed by atoms with E-state index in [-0.39, 0.29) is 67.9 Å². The van der Waals surface area contributed by atoms with E-state index in [1.807, 2.05) is 0 Å². The summed E-state index contributed by atoms with van der Waals surface area (Å²) in [6.45, 7) is -1.01. The average molecular weight is 1790 g/mol. The molecule has 20 aliphatic rings. The van der Waals surface area contributed by atoms with Gasteiger partial charge in [0, 0.05) is 177 Å². The molecule has 50 bridgehead atoms. The lowest BCUT2D eigenvalue weighted by molar-refractivity contribution is 0.0966. The quantitative estimate of drug-likeness (QED) is 0.130. The van der Waals surface area contributed by atoms with Crippen LogP contribution >= 0.6 is 108 Å². The van der Waals surface area contributed by atoms with E-state index in [0.29, 0.717) is 237 Å². The highest BCUT2D eigenvalue weighted by Crippen LogP contribution is 2.60. The number of hydrogen-bond donors (Lipinski definition) is 0. The number of rotatable bonds is 0. The molecule has 120 heavy (non-hydrogen) atoms. The van der Waals surface area contributed by atoms with Crippen LogP contribution in [0.2, 0.25) is 0 Å². The topological polar surface area (TPSA) is 185 Å². The Morgan fingerprint density at radius 3 is 0.267 bits per heavy atom. The predicted molar refractivity (Wildman–Crippen MR) is 467 cm³/mol. The van der Waals surface area contributed by atoms with Crippen LogP contribution in [-0.4, -0.2) is 67.9 Å². The molecule has 20 aliphatic heterocycles. The Morgan fingerprint density at radius 1 is 0.117 bits per heavy atom. The maximum absolute atomic E-state index is 7.23. The van der Waals surface area contributed by atoms with Gasteiger partial charge in [-0.1, -0.05) is 108 Å². The Bertz CT molecular complexity index is 4670. The van der Waals surface area contributed by atoms with Crippen molar-refractivity contribution in [2.24, 2.45) is 0 Å². The van der Waals surface area contributed by atoms with Crippen LogP contribution in [0, 0.1) is 0 Å². The Labute approximate surface area is 728 Å². The molecule has 0 saturated carbocycles. The lowest BCUT2D eigenvalue weighted by atomic mass is 9.87. The van der Waals surface area contributed by atoms with Crippen molar-refractivity contribution >= 4 is 108 Å². The van der Waals surface area contributed by atoms with Gasteiger partial charge >= 0.3 is 0 Å². The maximum atomic E-state index is 7.23. The first-order chi connectivity index (χ1) is 59.4. The Balaban J connectivity index is 0.812. The van der Waals surface area contributed by atoms with Gasteiger partial charge in [0.15, 0.2) is 0 Å². The van der Waals surface area contributed by atoms with Crippen LogP contribution in [0.4, 0.5) is 0 Å². The maximum Gasteiger partial charge on any atom is 0.230 e. The fourth-order valence-corrected chi connectivity index (χ4v) is 31.1. The third-order valence-electron chi connectivity index (χ3n) is 25.1. The minimum Gasteiger partial charge on any atom is -0.457 e. The first-order valence-corrected chi connectivity index (χ1v) is 52.4. The zero-order chi connectivity index (χ0) is 78.4. The van der Waals surface area contributed by atoms with Crippen molar-refractivity contribution in [2.45, 2.75) is 122 Å². The summed E-state index contributed by atoms with van der Waals surface area (Å²) in [7, 11) is 17.3. The molecule has 10 aromatic carbocycles. The molecule has 0 N–H and O–H groups in total. The predicted octanol–water partition coefficient (Wildman–Crippen LogP) is 20.2. The summed E-state index contributed by atoms with van der Waals surface area (Å²) in [6.07, 6.45) is 4.49. The van der Waals surface area contributed by atoms with Gasteiger partial charge in [-0.2, -0.15) is 0 Å². The van der Waals surface area contributed by atoms with Gasteiger partial charge < -0.3 is 94.7 Å². The van der Waals surface area contributed by atoms with Crippen LogP contribution in [0.25, 0.3) is 0 Å². The first-order valence-electron chi connectivity index (χ1n) is 40.0. The second kappa shape index (κ2) is 29.7. The second-order valence-electron chi connectivity index (χ2n) is 31.8. The van der Waals surface area contributed by atoms with Gasteiger partial charge in [-0.05, 0) is 172 Å². The summed E-state index contributed by atoms with van der Waals surface area (Å²) in [5.41, 5.74) is 29.1. The summed E-state index contributed by atoms with van der Waals surface area (Å²) in [5, 5.41) is 0. The van der Waals surface area contributed by atoms with Crippen molar-refractivity contribution in [2.75, 3.05) is 67.9 Å². The number of fused-ring (bicyclic) bond motifs is 10. The van der Waals surface area contributed by atoms with Crippen molar-refractivity contribution in [1.29, 1.82) is 0 Å². The molecule has 0 spiro atoms. The molecule has 0 fully saturated rings. The monoisotopic (exact) mass is 1790 g/mol. The van der Waals surface area contributed by atoms with E-state index in [9.17, 15) is 0 Å². The number of benzene rings is 10. The number of ether oxygens (including phenoxy) is 20. The minimum atomic E-state index is -0.101. The molecule has 10 aromatic rings. The van der Waals surface area contributed by atoms with Crippen molar-refractivity contribution in [3.63, 3.8) is 0 Å². The summed E-state index contributed by atoms with van der Waals surface area (Å²) < 4.78 is 145. The average Bonchev–Trinajstić information content (AvgIpc) is 0.743. The summed E-state index contributed by atoms with van der Waals surface area (Å²) in [5.74, 6) is 18.9. The van der Waals surface area contributed by atoms with Crippen molar-refractivity contribution in [3.8, 4) is 115 Å². The highest BCUT2D eigenvalue weighted by molar-refractivity contribution is 8.77. The van der Waals surface area contributed by atoms with Crippen LogP contribution < -0.4 is 94.7 Å². The first kappa shape index (κ1) is 73.3. The lowest BCUT2D eigenvalue weighted by Crippen LogP contribution is -2.22. The molecule has 0 saturated heterocycles. The molecule has 0 unspecified atom stereocenters. The minimum absolute atomic E-state index is 0.101. The van der Waals surface area contributed by atoms with E-state index in [2.05, 4.69) is 60.7 Å². The van der Waals surface area contributed by atoms with Crippen molar-refractivity contribution < 1.29 is 94.7 Å². The highest BCUT2D eigenvalue weighted by atomic mass is 33.1. The highest BCUT2D eigenvalue weighted by Gasteiger charge is 2.41. The van der Waals surface area contributed by atoms with Crippen LogP contribution in [0.1, 0.15) is 167 Å². The van der Waals surface area contributed by atoms with E-state index in [0.717, 1.165) is 167 Å². The van der Waals surface area contributed by atoms with Gasteiger partial charge in [0.05, 0.1) is 0 Å². The van der Waals surface area contributed by atoms with Gasteiger partial charge in [0.2, 0.25) is 67.9 Å². The summed E-state index contributed by atoms with van der Waals surface area (Å²) in [4.78, 5) is 0. The zero-order valence-electron chi connectivity index (χ0n) is 64.2. The van der Waals surface area contributed by atoms with Gasteiger partial charge in [-0.15, -0.1) is 0 Å². The van der Waals surface area contributed by atoms with E-state index in [1.165, 1.54) is 0 Å². The van der Waals surface area contributed by atoms with Gasteiger partial charge in [-0.3, -0.25) is 0 Å². The molecular weight excluding hydrogens is 1720 g/mol. The standard InChI is InChI=1S/C90H70O20S10/c1-41-11-43-2-45-13-47-4-49-15-50-5-48-14-46-3-44-12-42(1)72-61-21-111-112-24-64-79-51-6-52-17-54-8-56-19-58-10-60-20-59-9-57-18-55-7-53(16-51)83(103-35-99-79)67-25-115-113-22-62(73(43)93-31-91-71(41)61)75(45)95-33-97-77(47)65-27-117-119-29-69(87(57)107-38-105-85(55)67)89(59)109-40-110-90(60)70-30-120-118-28-66(82(50)102-37-101-81(49)65)78(48)98-34-96-76(46)63(74(44)94-32-92-72)23-114-116-26-68(84(54)104-36-100-80(52)64)86(56)106-39-108-88(58)70/h1-10H,11-40H2. The second-order valence-corrected chi connectivity index (χ2v) is 44.1. The van der Waals surface area contributed by atoms with Gasteiger partial charge in [0.1, 0.15) is 115 Å². The van der Waals surface area contributed by atoms with Gasteiger partial charge in [0.25, 0.3) is 0 Å². The van der Waals surface area contributed by atoms with E-state index in [4.69, 9.17) is 94.7 Å². The third-order valence-corrected chi connectivity index (χ3v) is 36.1. The molecule has 0 radical (unpaired) electrons. The molecule has 0 aromatic heterocycles. The normalized spacial score (nSPS) is 18.8. The Hall–Kier alpha value is -8.30. The van der Waals surface area contributed by atoms with E-state index < -0.39 is 0 Å². The van der Waals surface area contributed by atoms with E-state index >= 15 is 0 Å². The molecule has 610 valence electrons. The Morgan fingerprint density at radius 2 is 0.192 bits per heavy atom. The summed E-state index contributed by atoms with van der Waals surface area (Å²) in [6, 6.07) is 23.3. The molecular formula is C90H70O20S10. The zero-order valence-corrected chi connectivity index (χ0v) is 72.4. The smallest absolute Gasteiger partial charge is 0.230 e. The van der Waals surface area contributed by atoms with Crippen LogP contribution in [-0.2, 0) is 122 Å². The fraction of sp³-hybridized carbons (Fsp3) is 0.333. The molecule has 30 heteroatoms. The molecule has 30 rings (SSSR count). The van der Waals surface area contributed by atoms with Crippen LogP contribution in [0.5, 0.6) is 115 Å². The van der Waals surface area contributed by atoms with Crippen molar-refractivity contribution in [1.82, 2.24) is 0 Å². The Kier molecular flexibility index (Phi) is 18.1. The summed E-state index contributed by atoms with van der Waals surface area (Å²) >= 11 is 0. The largest absolute Gasteiger partial charge is 0.457 e. The third kappa shape index (κ3) is 12.1. The molecule has 0 aliphatic carbocycles. The number of hydrogen-bond acceptors (Lipinski definition) is 30. The van der Waals surface area contributed by atoms with Gasteiger partial charge in [-0.25, -0.2) is 0 Å². The van der Waals surface area contributed by atoms with E-state index in [1.54, 1.807) is 108 Å². The van der Waals surface area contributed by atoms with Crippen LogP contribution in [0.15, 0.2) is 60.7 Å². The molecule has 20 nitrogen and oxygen atoms in total.